The molecule has 3 rings (SSSR count). The van der Waals surface area contributed by atoms with E-state index in [4.69, 9.17) is 16.9 Å². The Kier molecular flexibility index (Phi) is 4.10. The average molecular weight is 329 g/mol. The second-order valence-electron chi connectivity index (χ2n) is 5.77. The largest absolute Gasteiger partial charge is 0.331 e. The van der Waals surface area contributed by atoms with Gasteiger partial charge in [-0.3, -0.25) is 9.48 Å². The number of carbonyl (C=O) groups excluding carboxylic acids is 1. The minimum Gasteiger partial charge on any atom is -0.331 e. The summed E-state index contributed by atoms with van der Waals surface area (Å²) < 4.78 is 1.82. The first-order valence-corrected chi connectivity index (χ1v) is 7.90. The normalized spacial score (nSPS) is 17.3. The Labute approximate surface area is 140 Å². The molecule has 6 heteroatoms. The Morgan fingerprint density at radius 3 is 2.91 bits per heavy atom. The van der Waals surface area contributed by atoms with Crippen LogP contribution in [0.4, 0.5) is 0 Å². The molecule has 1 saturated heterocycles. The van der Waals surface area contributed by atoms with E-state index in [9.17, 15) is 4.79 Å². The van der Waals surface area contributed by atoms with Crippen LogP contribution in [-0.4, -0.2) is 27.1 Å². The number of aryl methyl sites for hydroxylation is 1. The fourth-order valence-electron chi connectivity index (χ4n) is 3.09. The average Bonchev–Trinajstić information content (AvgIpc) is 3.15. The van der Waals surface area contributed by atoms with Gasteiger partial charge in [0.1, 0.15) is 0 Å². The fourth-order valence-corrected chi connectivity index (χ4v) is 3.29. The van der Waals surface area contributed by atoms with Gasteiger partial charge in [0.25, 0.3) is 5.91 Å². The van der Waals surface area contributed by atoms with Crippen LogP contribution < -0.4 is 0 Å². The highest BCUT2D eigenvalue weighted by atomic mass is 35.5. The molecular weight excluding hydrogens is 312 g/mol. The molecule has 5 nitrogen and oxygen atoms in total. The van der Waals surface area contributed by atoms with Crippen molar-refractivity contribution >= 4 is 17.5 Å². The Bertz CT molecular complexity index is 805. The molecule has 1 aromatic carbocycles. The zero-order chi connectivity index (χ0) is 16.6. The zero-order valence-corrected chi connectivity index (χ0v) is 13.8. The molecule has 0 saturated carbocycles. The van der Waals surface area contributed by atoms with Crippen molar-refractivity contribution in [2.45, 2.75) is 25.8 Å². The molecule has 1 unspecified atom stereocenters. The number of nitrogens with zero attached hydrogens (tertiary/aromatic N) is 4. The summed E-state index contributed by atoms with van der Waals surface area (Å²) in [5.74, 6) is -0.127. The SMILES string of the molecule is Cc1c(C2CCCN2C(=O)c2cc(C#N)ccc2Cl)cnn1C. The highest BCUT2D eigenvalue weighted by molar-refractivity contribution is 6.33. The van der Waals surface area contributed by atoms with Crippen LogP contribution in [0.25, 0.3) is 0 Å². The van der Waals surface area contributed by atoms with E-state index in [0.717, 1.165) is 24.1 Å². The van der Waals surface area contributed by atoms with Crippen molar-refractivity contribution < 1.29 is 4.79 Å². The second-order valence-corrected chi connectivity index (χ2v) is 6.18. The first-order chi connectivity index (χ1) is 11.0. The van der Waals surface area contributed by atoms with Gasteiger partial charge in [-0.05, 0) is 38.0 Å². The van der Waals surface area contributed by atoms with E-state index in [0.29, 0.717) is 22.7 Å². The summed E-state index contributed by atoms with van der Waals surface area (Å²) in [6.45, 7) is 2.69. The van der Waals surface area contributed by atoms with Crippen molar-refractivity contribution in [1.82, 2.24) is 14.7 Å². The Hall–Kier alpha value is -2.32. The number of benzene rings is 1. The number of amides is 1. The maximum atomic E-state index is 12.9. The lowest BCUT2D eigenvalue weighted by Gasteiger charge is -2.25. The van der Waals surface area contributed by atoms with Crippen LogP contribution >= 0.6 is 11.6 Å². The fraction of sp³-hybridized carbons (Fsp3) is 0.353. The summed E-state index contributed by atoms with van der Waals surface area (Å²) in [7, 11) is 1.90. The monoisotopic (exact) mass is 328 g/mol. The quantitative estimate of drug-likeness (QED) is 0.850. The summed E-state index contributed by atoms with van der Waals surface area (Å²) in [6, 6.07) is 6.85. The lowest BCUT2D eigenvalue weighted by Crippen LogP contribution is -2.31. The second kappa shape index (κ2) is 6.05. The zero-order valence-electron chi connectivity index (χ0n) is 13.1. The van der Waals surface area contributed by atoms with E-state index in [1.807, 2.05) is 29.7 Å². The van der Waals surface area contributed by atoms with E-state index in [2.05, 4.69) is 11.2 Å². The molecular formula is C17H17ClN4O. The van der Waals surface area contributed by atoms with Crippen LogP contribution in [0.2, 0.25) is 5.02 Å². The molecule has 2 aromatic rings. The summed E-state index contributed by atoms with van der Waals surface area (Å²) in [5.41, 5.74) is 2.96. The number of nitriles is 1. The molecule has 1 atom stereocenters. The number of carbonyl (C=O) groups is 1. The van der Waals surface area contributed by atoms with Crippen LogP contribution in [-0.2, 0) is 7.05 Å². The molecule has 0 radical (unpaired) electrons. The third kappa shape index (κ3) is 2.71. The molecule has 118 valence electrons. The topological polar surface area (TPSA) is 61.9 Å². The third-order valence-corrected chi connectivity index (χ3v) is 4.80. The Morgan fingerprint density at radius 1 is 1.48 bits per heavy atom. The van der Waals surface area contributed by atoms with E-state index in [1.54, 1.807) is 18.2 Å². The van der Waals surface area contributed by atoms with Crippen molar-refractivity contribution in [3.05, 3.63) is 51.8 Å². The van der Waals surface area contributed by atoms with Gasteiger partial charge in [-0.15, -0.1) is 0 Å². The minimum absolute atomic E-state index is 0.0120. The van der Waals surface area contributed by atoms with Crippen molar-refractivity contribution in [3.63, 3.8) is 0 Å². The van der Waals surface area contributed by atoms with Gasteiger partial charge in [0, 0.05) is 24.8 Å². The molecule has 1 aromatic heterocycles. The number of hydrogen-bond acceptors (Lipinski definition) is 3. The summed E-state index contributed by atoms with van der Waals surface area (Å²) in [5, 5.41) is 13.7. The molecule has 2 heterocycles. The number of likely N-dealkylation sites (tertiary alicyclic amines) is 1. The van der Waals surface area contributed by atoms with Crippen molar-refractivity contribution in [3.8, 4) is 6.07 Å². The van der Waals surface area contributed by atoms with Crippen LogP contribution in [0.5, 0.6) is 0 Å². The standard InChI is InChI=1S/C17H17ClN4O/c1-11-14(10-20-21(11)2)16-4-3-7-22(16)17(23)13-8-12(9-19)5-6-15(13)18/h5-6,8,10,16H,3-4,7H2,1-2H3. The summed E-state index contributed by atoms with van der Waals surface area (Å²) >= 11 is 6.18. The predicted molar refractivity (Wildman–Crippen MR) is 87.1 cm³/mol. The summed E-state index contributed by atoms with van der Waals surface area (Å²) in [6.07, 6.45) is 3.69. The van der Waals surface area contributed by atoms with Crippen molar-refractivity contribution in [2.24, 2.45) is 7.05 Å². The molecule has 23 heavy (non-hydrogen) atoms. The van der Waals surface area contributed by atoms with Crippen LogP contribution in [0.1, 0.15) is 46.1 Å². The lowest BCUT2D eigenvalue weighted by atomic mass is 10.0. The van der Waals surface area contributed by atoms with Gasteiger partial charge in [0.2, 0.25) is 0 Å². The van der Waals surface area contributed by atoms with Crippen molar-refractivity contribution in [1.29, 1.82) is 5.26 Å². The van der Waals surface area contributed by atoms with Crippen LogP contribution in [0.15, 0.2) is 24.4 Å². The number of hydrogen-bond donors (Lipinski definition) is 0. The van der Waals surface area contributed by atoms with Gasteiger partial charge in [0.05, 0.1) is 34.5 Å². The van der Waals surface area contributed by atoms with Crippen LogP contribution in [0.3, 0.4) is 0 Å². The smallest absolute Gasteiger partial charge is 0.255 e. The van der Waals surface area contributed by atoms with E-state index in [1.165, 1.54) is 0 Å². The molecule has 0 bridgehead atoms. The highest BCUT2D eigenvalue weighted by Crippen LogP contribution is 2.35. The van der Waals surface area contributed by atoms with Crippen LogP contribution in [0, 0.1) is 18.3 Å². The molecule has 0 N–H and O–H groups in total. The number of rotatable bonds is 2. The summed E-state index contributed by atoms with van der Waals surface area (Å²) in [4.78, 5) is 14.8. The number of aromatic nitrogens is 2. The Balaban J connectivity index is 1.96. The lowest BCUT2D eigenvalue weighted by molar-refractivity contribution is 0.0735. The molecule has 1 aliphatic heterocycles. The molecule has 1 amide bonds. The van der Waals surface area contributed by atoms with Gasteiger partial charge in [0.15, 0.2) is 0 Å². The van der Waals surface area contributed by atoms with E-state index in [-0.39, 0.29) is 11.9 Å². The molecule has 0 spiro atoms. The number of halogens is 1. The predicted octanol–water partition coefficient (Wildman–Crippen LogP) is 3.23. The maximum absolute atomic E-state index is 12.9. The molecule has 0 aliphatic carbocycles. The van der Waals surface area contributed by atoms with Gasteiger partial charge >= 0.3 is 0 Å². The van der Waals surface area contributed by atoms with Gasteiger partial charge in [-0.2, -0.15) is 10.4 Å². The first kappa shape index (κ1) is 15.6. The Morgan fingerprint density at radius 2 is 2.26 bits per heavy atom. The minimum atomic E-state index is -0.127. The van der Waals surface area contributed by atoms with E-state index >= 15 is 0 Å². The van der Waals surface area contributed by atoms with Crippen molar-refractivity contribution in [2.75, 3.05) is 6.54 Å². The van der Waals surface area contributed by atoms with Gasteiger partial charge in [-0.25, -0.2) is 0 Å². The molecule has 1 aliphatic rings. The van der Waals surface area contributed by atoms with E-state index < -0.39 is 0 Å². The molecule has 1 fully saturated rings. The first-order valence-electron chi connectivity index (χ1n) is 7.52. The third-order valence-electron chi connectivity index (χ3n) is 4.47. The maximum Gasteiger partial charge on any atom is 0.255 e. The highest BCUT2D eigenvalue weighted by Gasteiger charge is 2.33. The van der Waals surface area contributed by atoms with Gasteiger partial charge < -0.3 is 4.90 Å². The van der Waals surface area contributed by atoms with Gasteiger partial charge in [-0.1, -0.05) is 11.6 Å².